The summed E-state index contributed by atoms with van der Waals surface area (Å²) in [4.78, 5) is 0.307. The number of thioether (sulfide) groups is 1. The third-order valence-corrected chi connectivity index (χ3v) is 6.25. The van der Waals surface area contributed by atoms with Gasteiger partial charge in [-0.05, 0) is 36.8 Å². The van der Waals surface area contributed by atoms with Crippen molar-refractivity contribution in [3.63, 3.8) is 0 Å². The summed E-state index contributed by atoms with van der Waals surface area (Å²) in [5, 5.41) is 9.21. The highest BCUT2D eigenvalue weighted by Gasteiger charge is 2.27. The lowest BCUT2D eigenvalue weighted by atomic mass is 10.1. The number of aliphatic hydroxyl groups is 1. The fraction of sp³-hybridized carbons (Fsp3) is 0.571. The van der Waals surface area contributed by atoms with Crippen molar-refractivity contribution < 1.29 is 13.5 Å². The van der Waals surface area contributed by atoms with Crippen molar-refractivity contribution in [2.75, 3.05) is 19.1 Å². The van der Waals surface area contributed by atoms with E-state index < -0.39 is 10.0 Å². The van der Waals surface area contributed by atoms with Gasteiger partial charge in [-0.15, -0.1) is 0 Å². The molecular formula is C14H23NO3S2. The summed E-state index contributed by atoms with van der Waals surface area (Å²) in [6.07, 6.45) is 2.60. The molecule has 1 aromatic rings. The first kappa shape index (κ1) is 17.5. The number of sulfonamides is 1. The third kappa shape index (κ3) is 3.75. The summed E-state index contributed by atoms with van der Waals surface area (Å²) in [6, 6.07) is 5.06. The smallest absolute Gasteiger partial charge is 0.243 e. The van der Waals surface area contributed by atoms with Crippen molar-refractivity contribution in [1.29, 1.82) is 0 Å². The van der Waals surface area contributed by atoms with Crippen LogP contribution in [-0.4, -0.2) is 42.9 Å². The maximum absolute atomic E-state index is 12.7. The Bertz CT molecular complexity index is 543. The van der Waals surface area contributed by atoms with Crippen LogP contribution in [0.15, 0.2) is 23.1 Å². The van der Waals surface area contributed by atoms with Crippen molar-refractivity contribution in [1.82, 2.24) is 4.31 Å². The zero-order chi connectivity index (χ0) is 15.3. The first-order valence-corrected chi connectivity index (χ1v) is 9.41. The quantitative estimate of drug-likeness (QED) is 0.837. The van der Waals surface area contributed by atoms with Crippen LogP contribution in [0.1, 0.15) is 25.0 Å². The SMILES string of the molecule is CCc1ccc(CO)cc1S(=O)(=O)N(C)C(C)CSC. The number of rotatable bonds is 7. The first-order chi connectivity index (χ1) is 9.38. The maximum Gasteiger partial charge on any atom is 0.243 e. The Morgan fingerprint density at radius 3 is 2.55 bits per heavy atom. The molecule has 0 radical (unpaired) electrons. The predicted octanol–water partition coefficient (Wildman–Crippen LogP) is 2.11. The van der Waals surface area contributed by atoms with Crippen molar-refractivity contribution in [3.05, 3.63) is 29.3 Å². The largest absolute Gasteiger partial charge is 0.392 e. The van der Waals surface area contributed by atoms with Gasteiger partial charge < -0.3 is 5.11 Å². The molecule has 0 saturated carbocycles. The molecule has 0 aliphatic carbocycles. The highest BCUT2D eigenvalue weighted by atomic mass is 32.2. The zero-order valence-electron chi connectivity index (χ0n) is 12.5. The number of hydrogen-bond donors (Lipinski definition) is 1. The molecular weight excluding hydrogens is 294 g/mol. The van der Waals surface area contributed by atoms with E-state index in [1.165, 1.54) is 4.31 Å². The fourth-order valence-electron chi connectivity index (χ4n) is 1.97. The summed E-state index contributed by atoms with van der Waals surface area (Å²) in [5.74, 6) is 0.747. The van der Waals surface area contributed by atoms with E-state index in [1.807, 2.05) is 20.1 Å². The van der Waals surface area contributed by atoms with E-state index in [2.05, 4.69) is 0 Å². The van der Waals surface area contributed by atoms with E-state index >= 15 is 0 Å². The highest BCUT2D eigenvalue weighted by molar-refractivity contribution is 7.98. The second-order valence-electron chi connectivity index (χ2n) is 4.78. The standard InChI is InChI=1S/C14H23NO3S2/c1-5-13-7-6-12(9-16)8-14(13)20(17,18)15(3)11(2)10-19-4/h6-8,11,16H,5,9-10H2,1-4H3. The summed E-state index contributed by atoms with van der Waals surface area (Å²) in [6.45, 7) is 3.67. The molecule has 0 fully saturated rings. The van der Waals surface area contributed by atoms with Crippen LogP contribution in [0.2, 0.25) is 0 Å². The van der Waals surface area contributed by atoms with Crippen LogP contribution in [0.3, 0.4) is 0 Å². The lowest BCUT2D eigenvalue weighted by Gasteiger charge is -2.25. The van der Waals surface area contributed by atoms with Gasteiger partial charge in [0.05, 0.1) is 11.5 Å². The summed E-state index contributed by atoms with van der Waals surface area (Å²) >= 11 is 1.62. The number of aryl methyl sites for hydroxylation is 1. The lowest BCUT2D eigenvalue weighted by Crippen LogP contribution is -2.37. The van der Waals surface area contributed by atoms with Crippen LogP contribution in [0.5, 0.6) is 0 Å². The Hall–Kier alpha value is -0.560. The van der Waals surface area contributed by atoms with Gasteiger partial charge in [0.2, 0.25) is 10.0 Å². The average Bonchev–Trinajstić information content (AvgIpc) is 2.45. The zero-order valence-corrected chi connectivity index (χ0v) is 14.1. The molecule has 114 valence electrons. The Kier molecular flexibility index (Phi) is 6.51. The molecule has 0 amide bonds. The topological polar surface area (TPSA) is 57.6 Å². The van der Waals surface area contributed by atoms with Gasteiger partial charge in [-0.2, -0.15) is 16.1 Å². The molecule has 1 rings (SSSR count). The lowest BCUT2D eigenvalue weighted by molar-refractivity contribution is 0.281. The van der Waals surface area contributed by atoms with Crippen LogP contribution >= 0.6 is 11.8 Å². The highest BCUT2D eigenvalue weighted by Crippen LogP contribution is 2.24. The minimum atomic E-state index is -3.53. The molecule has 0 saturated heterocycles. The molecule has 20 heavy (non-hydrogen) atoms. The van der Waals surface area contributed by atoms with Gasteiger partial charge in [0, 0.05) is 18.8 Å². The predicted molar refractivity (Wildman–Crippen MR) is 84.5 cm³/mol. The molecule has 1 N–H and O–H groups in total. The Morgan fingerprint density at radius 2 is 2.05 bits per heavy atom. The van der Waals surface area contributed by atoms with E-state index in [4.69, 9.17) is 0 Å². The van der Waals surface area contributed by atoms with Crippen molar-refractivity contribution in [2.24, 2.45) is 0 Å². The Labute approximate surface area is 126 Å². The Morgan fingerprint density at radius 1 is 1.40 bits per heavy atom. The normalized spacial score (nSPS) is 13.7. The van der Waals surface area contributed by atoms with Crippen molar-refractivity contribution in [2.45, 2.75) is 37.8 Å². The van der Waals surface area contributed by atoms with Gasteiger partial charge in [-0.1, -0.05) is 19.1 Å². The van der Waals surface area contributed by atoms with Gasteiger partial charge in [0.25, 0.3) is 0 Å². The van der Waals surface area contributed by atoms with Gasteiger partial charge in [-0.3, -0.25) is 0 Å². The molecule has 0 bridgehead atoms. The third-order valence-electron chi connectivity index (χ3n) is 3.38. The van der Waals surface area contributed by atoms with Crippen LogP contribution in [-0.2, 0) is 23.1 Å². The minimum Gasteiger partial charge on any atom is -0.392 e. The molecule has 4 nitrogen and oxygen atoms in total. The molecule has 1 unspecified atom stereocenters. The fourth-order valence-corrected chi connectivity index (χ4v) is 4.47. The Balaban J connectivity index is 3.26. The summed E-state index contributed by atoms with van der Waals surface area (Å²) in [5.41, 5.74) is 1.40. The molecule has 6 heteroatoms. The van der Waals surface area contributed by atoms with E-state index in [-0.39, 0.29) is 12.6 Å². The first-order valence-electron chi connectivity index (χ1n) is 6.58. The maximum atomic E-state index is 12.7. The molecule has 0 heterocycles. The molecule has 0 aromatic heterocycles. The van der Waals surface area contributed by atoms with E-state index in [0.717, 1.165) is 11.3 Å². The van der Waals surface area contributed by atoms with E-state index in [9.17, 15) is 13.5 Å². The minimum absolute atomic E-state index is 0.0718. The van der Waals surface area contributed by atoms with Crippen LogP contribution < -0.4 is 0 Å². The molecule has 0 aliphatic rings. The van der Waals surface area contributed by atoms with Gasteiger partial charge in [-0.25, -0.2) is 8.42 Å². The van der Waals surface area contributed by atoms with E-state index in [1.54, 1.807) is 37.0 Å². The van der Waals surface area contributed by atoms with Crippen LogP contribution in [0.25, 0.3) is 0 Å². The van der Waals surface area contributed by atoms with Gasteiger partial charge >= 0.3 is 0 Å². The number of benzene rings is 1. The summed E-state index contributed by atoms with van der Waals surface area (Å²) < 4.78 is 26.9. The monoisotopic (exact) mass is 317 g/mol. The molecule has 0 aliphatic heterocycles. The number of hydrogen-bond acceptors (Lipinski definition) is 4. The number of aliphatic hydroxyl groups excluding tert-OH is 1. The van der Waals surface area contributed by atoms with Gasteiger partial charge in [0.1, 0.15) is 0 Å². The second kappa shape index (κ2) is 7.45. The van der Waals surface area contributed by atoms with Crippen LogP contribution in [0.4, 0.5) is 0 Å². The van der Waals surface area contributed by atoms with E-state index in [0.29, 0.717) is 16.9 Å². The summed E-state index contributed by atoms with van der Waals surface area (Å²) in [7, 11) is -1.91. The molecule has 0 spiro atoms. The van der Waals surface area contributed by atoms with Gasteiger partial charge in [0.15, 0.2) is 0 Å². The van der Waals surface area contributed by atoms with Crippen molar-refractivity contribution in [3.8, 4) is 0 Å². The molecule has 1 aromatic carbocycles. The van der Waals surface area contributed by atoms with Crippen LogP contribution in [0, 0.1) is 0 Å². The average molecular weight is 317 g/mol. The second-order valence-corrected chi connectivity index (χ2v) is 7.66. The molecule has 1 atom stereocenters. The number of nitrogens with zero attached hydrogens (tertiary/aromatic N) is 1. The van der Waals surface area contributed by atoms with Crippen molar-refractivity contribution >= 4 is 21.8 Å².